The van der Waals surface area contributed by atoms with Gasteiger partial charge in [0.1, 0.15) is 0 Å². The van der Waals surface area contributed by atoms with Crippen LogP contribution < -0.4 is 5.32 Å². The normalized spacial score (nSPS) is 10.1. The molecule has 1 N–H and O–H groups in total. The first-order valence-corrected chi connectivity index (χ1v) is 7.63. The van der Waals surface area contributed by atoms with Crippen LogP contribution in [-0.2, 0) is 16.1 Å². The number of hydrogen-bond acceptors (Lipinski definition) is 6. The number of esters is 1. The second-order valence-corrected chi connectivity index (χ2v) is 5.79. The van der Waals surface area contributed by atoms with E-state index in [1.54, 1.807) is 0 Å². The van der Waals surface area contributed by atoms with Crippen LogP contribution >= 0.6 is 22.9 Å². The van der Waals surface area contributed by atoms with E-state index < -0.39 is 23.4 Å². The molecule has 0 atom stereocenters. The molecule has 23 heavy (non-hydrogen) atoms. The van der Waals surface area contributed by atoms with Crippen molar-refractivity contribution in [2.24, 2.45) is 0 Å². The summed E-state index contributed by atoms with van der Waals surface area (Å²) in [5, 5.41) is 15.2. The maximum absolute atomic E-state index is 11.9. The summed E-state index contributed by atoms with van der Waals surface area (Å²) in [4.78, 5) is 34.5. The average Bonchev–Trinajstić information content (AvgIpc) is 3.04. The van der Waals surface area contributed by atoms with Crippen LogP contribution in [0.2, 0.25) is 5.02 Å². The van der Waals surface area contributed by atoms with Crippen molar-refractivity contribution in [2.75, 3.05) is 6.61 Å². The number of ether oxygens (including phenoxy) is 1. The van der Waals surface area contributed by atoms with Crippen molar-refractivity contribution in [2.45, 2.75) is 6.54 Å². The molecular formula is C14H11ClN2O5S. The minimum Gasteiger partial charge on any atom is -0.452 e. The Morgan fingerprint density at radius 3 is 2.78 bits per heavy atom. The molecule has 0 saturated heterocycles. The number of nitrogens with one attached hydrogen (secondary N) is 1. The molecular weight excluding hydrogens is 344 g/mol. The summed E-state index contributed by atoms with van der Waals surface area (Å²) < 4.78 is 4.82. The van der Waals surface area contributed by atoms with Crippen LogP contribution in [0, 0.1) is 10.1 Å². The van der Waals surface area contributed by atoms with E-state index >= 15 is 0 Å². The minimum absolute atomic E-state index is 0.0135. The largest absolute Gasteiger partial charge is 0.452 e. The van der Waals surface area contributed by atoms with E-state index in [1.165, 1.54) is 23.5 Å². The van der Waals surface area contributed by atoms with Gasteiger partial charge in [-0.2, -0.15) is 0 Å². The predicted molar refractivity (Wildman–Crippen MR) is 84.6 cm³/mol. The van der Waals surface area contributed by atoms with Gasteiger partial charge in [-0.3, -0.25) is 14.9 Å². The Kier molecular flexibility index (Phi) is 5.67. The number of hydrogen-bond donors (Lipinski definition) is 1. The van der Waals surface area contributed by atoms with Crippen LogP contribution in [0.15, 0.2) is 35.7 Å². The summed E-state index contributed by atoms with van der Waals surface area (Å²) in [6, 6.07) is 7.13. The molecule has 0 fully saturated rings. The number of nitro benzene ring substituents is 1. The minimum atomic E-state index is -0.898. The summed E-state index contributed by atoms with van der Waals surface area (Å²) in [5.74, 6) is -1.38. The van der Waals surface area contributed by atoms with Crippen molar-refractivity contribution < 1.29 is 19.2 Å². The second-order valence-electron chi connectivity index (χ2n) is 4.35. The summed E-state index contributed by atoms with van der Waals surface area (Å²) in [6.45, 7) is -0.158. The Morgan fingerprint density at radius 2 is 2.13 bits per heavy atom. The maximum atomic E-state index is 11.9. The monoisotopic (exact) mass is 354 g/mol. The summed E-state index contributed by atoms with van der Waals surface area (Å²) >= 11 is 7.31. The van der Waals surface area contributed by atoms with Crippen molar-refractivity contribution in [1.82, 2.24) is 5.32 Å². The van der Waals surface area contributed by atoms with Crippen molar-refractivity contribution in [3.05, 3.63) is 61.3 Å². The molecule has 7 nitrogen and oxygen atoms in total. The third-order valence-corrected chi connectivity index (χ3v) is 3.96. The molecule has 1 amide bonds. The molecule has 120 valence electrons. The molecule has 0 saturated carbocycles. The number of non-ortho nitro benzene ring substituents is 1. The molecule has 0 radical (unpaired) electrons. The zero-order valence-corrected chi connectivity index (χ0v) is 13.2. The molecule has 0 spiro atoms. The first-order chi connectivity index (χ1) is 11.0. The molecule has 0 unspecified atom stereocenters. The lowest BCUT2D eigenvalue weighted by atomic mass is 10.2. The van der Waals surface area contributed by atoms with Crippen molar-refractivity contribution in [3.8, 4) is 0 Å². The van der Waals surface area contributed by atoms with Crippen molar-refractivity contribution >= 4 is 40.5 Å². The van der Waals surface area contributed by atoms with Gasteiger partial charge in [0.05, 0.1) is 22.1 Å². The molecule has 2 aromatic rings. The van der Waals surface area contributed by atoms with Gasteiger partial charge in [-0.15, -0.1) is 11.3 Å². The van der Waals surface area contributed by atoms with Gasteiger partial charge in [-0.05, 0) is 17.5 Å². The van der Waals surface area contributed by atoms with Gasteiger partial charge in [0, 0.05) is 17.0 Å². The molecule has 0 aliphatic rings. The number of benzene rings is 1. The molecule has 0 bridgehead atoms. The molecule has 0 aliphatic heterocycles. The number of halogens is 1. The Hall–Kier alpha value is -2.45. The standard InChI is InChI=1S/C14H11ClN2O5S/c15-12-4-3-9(17(20)21)6-11(12)14(19)22-8-13(18)16-7-10-2-1-5-23-10/h1-6H,7-8H2,(H,16,18). The van der Waals surface area contributed by atoms with Gasteiger partial charge in [-0.1, -0.05) is 17.7 Å². The third kappa shape index (κ3) is 4.76. The van der Waals surface area contributed by atoms with E-state index in [-0.39, 0.29) is 16.3 Å². The highest BCUT2D eigenvalue weighted by molar-refractivity contribution is 7.09. The molecule has 1 aromatic carbocycles. The van der Waals surface area contributed by atoms with E-state index in [0.717, 1.165) is 10.9 Å². The zero-order valence-electron chi connectivity index (χ0n) is 11.7. The van der Waals surface area contributed by atoms with Gasteiger partial charge in [0.25, 0.3) is 11.6 Å². The van der Waals surface area contributed by atoms with Crippen LogP contribution in [0.5, 0.6) is 0 Å². The zero-order chi connectivity index (χ0) is 16.8. The quantitative estimate of drug-likeness (QED) is 0.488. The van der Waals surface area contributed by atoms with Crippen molar-refractivity contribution in [3.63, 3.8) is 0 Å². The van der Waals surface area contributed by atoms with Crippen LogP contribution in [0.1, 0.15) is 15.2 Å². The van der Waals surface area contributed by atoms with E-state index in [2.05, 4.69) is 5.32 Å². The number of rotatable bonds is 6. The number of nitrogens with zero attached hydrogens (tertiary/aromatic N) is 1. The van der Waals surface area contributed by atoms with Crippen LogP contribution in [0.4, 0.5) is 5.69 Å². The fraction of sp³-hybridized carbons (Fsp3) is 0.143. The average molecular weight is 355 g/mol. The van der Waals surface area contributed by atoms with Crippen LogP contribution in [-0.4, -0.2) is 23.4 Å². The lowest BCUT2D eigenvalue weighted by Crippen LogP contribution is -2.28. The topological polar surface area (TPSA) is 98.5 Å². The Labute approximate surface area is 140 Å². The SMILES string of the molecule is O=C(COC(=O)c1cc([N+](=O)[O-])ccc1Cl)NCc1cccs1. The molecule has 0 aliphatic carbocycles. The Morgan fingerprint density at radius 1 is 1.35 bits per heavy atom. The number of carbonyl (C=O) groups is 2. The molecule has 1 heterocycles. The first kappa shape index (κ1) is 16.9. The molecule has 1 aromatic heterocycles. The van der Waals surface area contributed by atoms with Crippen molar-refractivity contribution in [1.29, 1.82) is 0 Å². The first-order valence-electron chi connectivity index (χ1n) is 6.37. The lowest BCUT2D eigenvalue weighted by Gasteiger charge is -2.07. The van der Waals surface area contributed by atoms with Gasteiger partial charge in [0.2, 0.25) is 0 Å². The highest BCUT2D eigenvalue weighted by Gasteiger charge is 2.18. The van der Waals surface area contributed by atoms with Gasteiger partial charge in [-0.25, -0.2) is 4.79 Å². The van der Waals surface area contributed by atoms with Crippen LogP contribution in [0.3, 0.4) is 0 Å². The summed E-state index contributed by atoms with van der Waals surface area (Å²) in [5.41, 5.74) is -0.449. The Balaban J connectivity index is 1.90. The molecule has 2 rings (SSSR count). The Bertz CT molecular complexity index is 733. The van der Waals surface area contributed by atoms with Gasteiger partial charge < -0.3 is 10.1 Å². The maximum Gasteiger partial charge on any atom is 0.340 e. The van der Waals surface area contributed by atoms with E-state index in [9.17, 15) is 19.7 Å². The molecule has 9 heteroatoms. The van der Waals surface area contributed by atoms with E-state index in [4.69, 9.17) is 16.3 Å². The lowest BCUT2D eigenvalue weighted by molar-refractivity contribution is -0.384. The van der Waals surface area contributed by atoms with Crippen LogP contribution in [0.25, 0.3) is 0 Å². The number of nitro groups is 1. The van der Waals surface area contributed by atoms with E-state index in [1.807, 2.05) is 17.5 Å². The predicted octanol–water partition coefficient (Wildman–Crippen LogP) is 2.78. The summed E-state index contributed by atoms with van der Waals surface area (Å²) in [7, 11) is 0. The highest BCUT2D eigenvalue weighted by Crippen LogP contribution is 2.22. The van der Waals surface area contributed by atoms with E-state index in [0.29, 0.717) is 6.54 Å². The number of carbonyl (C=O) groups excluding carboxylic acids is 2. The summed E-state index contributed by atoms with van der Waals surface area (Å²) in [6.07, 6.45) is 0. The van der Waals surface area contributed by atoms with Gasteiger partial charge in [0.15, 0.2) is 6.61 Å². The second kappa shape index (κ2) is 7.70. The smallest absolute Gasteiger partial charge is 0.340 e. The van der Waals surface area contributed by atoms with Gasteiger partial charge >= 0.3 is 5.97 Å². The fourth-order valence-electron chi connectivity index (χ4n) is 1.64. The number of amides is 1. The number of thiophene rings is 1. The third-order valence-electron chi connectivity index (χ3n) is 2.75. The highest BCUT2D eigenvalue weighted by atomic mass is 35.5. The fourth-order valence-corrected chi connectivity index (χ4v) is 2.48.